The molecule has 0 radical (unpaired) electrons. The van der Waals surface area contributed by atoms with Crippen LogP contribution in [0.4, 0.5) is 0 Å². The molecule has 6 nitrogen and oxygen atoms in total. The van der Waals surface area contributed by atoms with E-state index >= 15 is 0 Å². The molecule has 0 aromatic carbocycles. The minimum atomic E-state index is -1.30. The molecule has 102 valence electrons. The molecule has 0 fully saturated rings. The van der Waals surface area contributed by atoms with E-state index in [2.05, 4.69) is 9.47 Å². The third kappa shape index (κ3) is 1.56. The predicted octanol–water partition coefficient (Wildman–Crippen LogP) is 0.658. The average molecular weight is 258 g/mol. The number of rotatable bonds is 4. The summed E-state index contributed by atoms with van der Waals surface area (Å²) < 4.78 is 20.0. The number of esters is 2. The van der Waals surface area contributed by atoms with E-state index in [0.717, 1.165) is 0 Å². The van der Waals surface area contributed by atoms with Crippen LogP contribution >= 0.6 is 0 Å². The Morgan fingerprint density at radius 1 is 0.833 bits per heavy atom. The van der Waals surface area contributed by atoms with Gasteiger partial charge in [-0.15, -0.1) is 0 Å². The number of hydrogen-bond acceptors (Lipinski definition) is 6. The van der Waals surface area contributed by atoms with Crippen molar-refractivity contribution < 1.29 is 28.5 Å². The van der Waals surface area contributed by atoms with E-state index in [1.165, 1.54) is 28.4 Å². The second-order valence-corrected chi connectivity index (χ2v) is 4.38. The first-order valence-corrected chi connectivity index (χ1v) is 5.36. The van der Waals surface area contributed by atoms with Gasteiger partial charge >= 0.3 is 11.9 Å². The van der Waals surface area contributed by atoms with Crippen LogP contribution < -0.4 is 0 Å². The van der Waals surface area contributed by atoms with Crippen molar-refractivity contribution in [3.8, 4) is 0 Å². The lowest BCUT2D eigenvalue weighted by Gasteiger charge is -2.53. The standard InChI is InChI=1S/C12H18O6/c1-11(2)7(9(13)15-3)8(10(14)16-4)12(11,17-5)18-6/h1-6H3. The van der Waals surface area contributed by atoms with Crippen LogP contribution in [-0.4, -0.2) is 46.2 Å². The summed E-state index contributed by atoms with van der Waals surface area (Å²) in [6.07, 6.45) is 0. The Hall–Kier alpha value is -1.40. The number of ether oxygens (including phenoxy) is 4. The van der Waals surface area contributed by atoms with Crippen molar-refractivity contribution in [2.24, 2.45) is 5.41 Å². The second-order valence-electron chi connectivity index (χ2n) is 4.38. The zero-order valence-corrected chi connectivity index (χ0v) is 11.4. The molecule has 6 heteroatoms. The summed E-state index contributed by atoms with van der Waals surface area (Å²) in [5, 5.41) is 0. The molecule has 1 aliphatic rings. The quantitative estimate of drug-likeness (QED) is 0.545. The van der Waals surface area contributed by atoms with Gasteiger partial charge in [0, 0.05) is 14.2 Å². The molecular weight excluding hydrogens is 240 g/mol. The maximum absolute atomic E-state index is 11.8. The highest BCUT2D eigenvalue weighted by molar-refractivity contribution is 6.06. The number of carbonyl (C=O) groups is 2. The van der Waals surface area contributed by atoms with Gasteiger partial charge in [0.25, 0.3) is 0 Å². The van der Waals surface area contributed by atoms with Gasteiger partial charge in [-0.3, -0.25) is 0 Å². The van der Waals surface area contributed by atoms with Crippen LogP contribution in [0, 0.1) is 5.41 Å². The molecule has 0 atom stereocenters. The molecule has 0 N–H and O–H groups in total. The molecule has 1 aliphatic carbocycles. The molecule has 0 aromatic rings. The second kappa shape index (κ2) is 4.70. The Labute approximate surface area is 106 Å². The van der Waals surface area contributed by atoms with Crippen LogP contribution in [0.25, 0.3) is 0 Å². The van der Waals surface area contributed by atoms with E-state index in [0.29, 0.717) is 0 Å². The monoisotopic (exact) mass is 258 g/mol. The highest BCUT2D eigenvalue weighted by atomic mass is 16.7. The van der Waals surface area contributed by atoms with Gasteiger partial charge in [0.2, 0.25) is 5.79 Å². The van der Waals surface area contributed by atoms with Crippen LogP contribution in [0.5, 0.6) is 0 Å². The van der Waals surface area contributed by atoms with Gasteiger partial charge in [-0.05, 0) is 13.8 Å². The number of methoxy groups -OCH3 is 4. The average Bonchev–Trinajstić information content (AvgIpc) is 2.36. The fourth-order valence-electron chi connectivity index (χ4n) is 2.49. The third-order valence-electron chi connectivity index (χ3n) is 3.38. The molecule has 0 amide bonds. The maximum atomic E-state index is 11.8. The van der Waals surface area contributed by atoms with Crippen molar-refractivity contribution in [3.63, 3.8) is 0 Å². The fraction of sp³-hybridized carbons (Fsp3) is 0.667. The van der Waals surface area contributed by atoms with Crippen molar-refractivity contribution >= 4 is 11.9 Å². The first kappa shape index (κ1) is 14.7. The maximum Gasteiger partial charge on any atom is 0.339 e. The lowest BCUT2D eigenvalue weighted by Crippen LogP contribution is -2.62. The summed E-state index contributed by atoms with van der Waals surface area (Å²) in [5.74, 6) is -2.56. The summed E-state index contributed by atoms with van der Waals surface area (Å²) in [5.41, 5.74) is -0.556. The van der Waals surface area contributed by atoms with E-state index in [-0.39, 0.29) is 11.1 Å². The minimum absolute atomic E-state index is 0.0480. The largest absolute Gasteiger partial charge is 0.466 e. The Morgan fingerprint density at radius 2 is 1.22 bits per heavy atom. The fourth-order valence-corrected chi connectivity index (χ4v) is 2.49. The van der Waals surface area contributed by atoms with E-state index in [4.69, 9.17) is 9.47 Å². The van der Waals surface area contributed by atoms with Gasteiger partial charge < -0.3 is 18.9 Å². The van der Waals surface area contributed by atoms with Gasteiger partial charge in [0.15, 0.2) is 0 Å². The smallest absolute Gasteiger partial charge is 0.339 e. The Morgan fingerprint density at radius 3 is 1.56 bits per heavy atom. The molecule has 0 heterocycles. The van der Waals surface area contributed by atoms with Gasteiger partial charge in [-0.1, -0.05) is 0 Å². The molecule has 0 aromatic heterocycles. The molecule has 0 saturated heterocycles. The van der Waals surface area contributed by atoms with Crippen molar-refractivity contribution in [1.29, 1.82) is 0 Å². The van der Waals surface area contributed by atoms with Crippen LogP contribution in [0.1, 0.15) is 13.8 Å². The Kier molecular flexibility index (Phi) is 3.83. The minimum Gasteiger partial charge on any atom is -0.466 e. The highest BCUT2D eigenvalue weighted by Crippen LogP contribution is 2.57. The predicted molar refractivity (Wildman–Crippen MR) is 61.6 cm³/mol. The Balaban J connectivity index is 3.47. The van der Waals surface area contributed by atoms with Gasteiger partial charge in [-0.25, -0.2) is 9.59 Å². The Bertz CT molecular complexity index is 403. The van der Waals surface area contributed by atoms with Crippen molar-refractivity contribution in [1.82, 2.24) is 0 Å². The number of hydrogen-bond donors (Lipinski definition) is 0. The third-order valence-corrected chi connectivity index (χ3v) is 3.38. The van der Waals surface area contributed by atoms with Crippen LogP contribution in [0.15, 0.2) is 11.1 Å². The first-order valence-electron chi connectivity index (χ1n) is 5.36. The molecule has 18 heavy (non-hydrogen) atoms. The summed E-state index contributed by atoms with van der Waals surface area (Å²) in [4.78, 5) is 23.6. The van der Waals surface area contributed by atoms with E-state index in [1.807, 2.05) is 0 Å². The molecule has 0 unspecified atom stereocenters. The van der Waals surface area contributed by atoms with Crippen molar-refractivity contribution in [3.05, 3.63) is 11.1 Å². The summed E-state index contributed by atoms with van der Waals surface area (Å²) in [6, 6.07) is 0. The summed E-state index contributed by atoms with van der Waals surface area (Å²) in [7, 11) is 5.29. The zero-order valence-electron chi connectivity index (χ0n) is 11.4. The van der Waals surface area contributed by atoms with E-state index in [1.54, 1.807) is 13.8 Å². The normalized spacial score (nSPS) is 20.1. The molecule has 0 saturated carbocycles. The van der Waals surface area contributed by atoms with Crippen LogP contribution in [0.3, 0.4) is 0 Å². The van der Waals surface area contributed by atoms with E-state index in [9.17, 15) is 9.59 Å². The zero-order chi connectivity index (χ0) is 14.1. The molecule has 0 bridgehead atoms. The van der Waals surface area contributed by atoms with Crippen LogP contribution in [0.2, 0.25) is 0 Å². The lowest BCUT2D eigenvalue weighted by molar-refractivity contribution is -0.254. The summed E-state index contributed by atoms with van der Waals surface area (Å²) >= 11 is 0. The van der Waals surface area contributed by atoms with E-state index < -0.39 is 23.1 Å². The topological polar surface area (TPSA) is 71.1 Å². The molecule has 1 rings (SSSR count). The molecule has 0 spiro atoms. The van der Waals surface area contributed by atoms with Gasteiger partial charge in [0.1, 0.15) is 5.57 Å². The molecule has 0 aliphatic heterocycles. The lowest BCUT2D eigenvalue weighted by atomic mass is 9.60. The highest BCUT2D eigenvalue weighted by Gasteiger charge is 2.66. The number of carbonyl (C=O) groups excluding carboxylic acids is 2. The summed E-state index contributed by atoms with van der Waals surface area (Å²) in [6.45, 7) is 3.47. The SMILES string of the molecule is COC(=O)C1=C(C(=O)OC)C(OC)(OC)C1(C)C. The van der Waals surface area contributed by atoms with Gasteiger partial charge in [0.05, 0.1) is 25.2 Å². The first-order chi connectivity index (χ1) is 8.33. The van der Waals surface area contributed by atoms with Crippen LogP contribution in [-0.2, 0) is 28.5 Å². The van der Waals surface area contributed by atoms with Crippen molar-refractivity contribution in [2.75, 3.05) is 28.4 Å². The molecular formula is C12H18O6. The van der Waals surface area contributed by atoms with Crippen molar-refractivity contribution in [2.45, 2.75) is 19.6 Å². The van der Waals surface area contributed by atoms with Gasteiger partial charge in [-0.2, -0.15) is 0 Å².